The number of hydrogen-bond donors (Lipinski definition) is 1. The highest BCUT2D eigenvalue weighted by Crippen LogP contribution is 2.32. The third-order valence-corrected chi connectivity index (χ3v) is 2.06. The average Bonchev–Trinajstić information content (AvgIpc) is 1.96. The SMILES string of the molecule is Oc1cc(Br)c(C(F)F)nc1Cl. The van der Waals surface area contributed by atoms with Crippen molar-refractivity contribution in [2.24, 2.45) is 0 Å². The van der Waals surface area contributed by atoms with Gasteiger partial charge in [0.05, 0.1) is 0 Å². The number of hydrogen-bond acceptors (Lipinski definition) is 2. The van der Waals surface area contributed by atoms with Gasteiger partial charge in [0, 0.05) is 4.47 Å². The van der Waals surface area contributed by atoms with Crippen LogP contribution in [0, 0.1) is 0 Å². The van der Waals surface area contributed by atoms with E-state index >= 15 is 0 Å². The van der Waals surface area contributed by atoms with Crippen LogP contribution < -0.4 is 0 Å². The summed E-state index contributed by atoms with van der Waals surface area (Å²) in [5.74, 6) is -0.326. The van der Waals surface area contributed by atoms with Crippen molar-refractivity contribution in [2.75, 3.05) is 0 Å². The molecule has 0 aliphatic carbocycles. The predicted molar refractivity (Wildman–Crippen MR) is 43.6 cm³/mol. The second-order valence-corrected chi connectivity index (χ2v) is 3.18. The van der Waals surface area contributed by atoms with E-state index in [-0.39, 0.29) is 15.4 Å². The van der Waals surface area contributed by atoms with Crippen LogP contribution in [0.5, 0.6) is 5.75 Å². The van der Waals surface area contributed by atoms with Crippen molar-refractivity contribution in [3.63, 3.8) is 0 Å². The van der Waals surface area contributed by atoms with Crippen molar-refractivity contribution in [1.29, 1.82) is 0 Å². The molecule has 0 bridgehead atoms. The topological polar surface area (TPSA) is 33.1 Å². The van der Waals surface area contributed by atoms with E-state index in [0.29, 0.717) is 0 Å². The van der Waals surface area contributed by atoms with Gasteiger partial charge in [0.15, 0.2) is 10.9 Å². The molecule has 1 rings (SSSR count). The smallest absolute Gasteiger partial charge is 0.281 e. The van der Waals surface area contributed by atoms with Gasteiger partial charge < -0.3 is 5.11 Å². The first-order chi connectivity index (χ1) is 5.52. The van der Waals surface area contributed by atoms with E-state index in [1.165, 1.54) is 0 Å². The molecule has 12 heavy (non-hydrogen) atoms. The maximum atomic E-state index is 12.1. The Kier molecular flexibility index (Phi) is 2.85. The summed E-state index contributed by atoms with van der Waals surface area (Å²) >= 11 is 8.14. The maximum Gasteiger partial charge on any atom is 0.281 e. The fourth-order valence-electron chi connectivity index (χ4n) is 0.623. The molecular formula is C6H3BrClF2NO. The van der Waals surface area contributed by atoms with Crippen LogP contribution in [0.25, 0.3) is 0 Å². The number of aromatic nitrogens is 1. The molecule has 1 aromatic rings. The Bertz CT molecular complexity index is 308. The molecule has 0 atom stereocenters. The van der Waals surface area contributed by atoms with Gasteiger partial charge in [-0.15, -0.1) is 0 Å². The number of alkyl halides is 2. The van der Waals surface area contributed by atoms with Gasteiger partial charge in [-0.1, -0.05) is 11.6 Å². The molecule has 0 unspecified atom stereocenters. The minimum atomic E-state index is -2.71. The van der Waals surface area contributed by atoms with Crippen LogP contribution in [0.4, 0.5) is 8.78 Å². The molecule has 1 aromatic heterocycles. The number of halogens is 4. The quantitative estimate of drug-likeness (QED) is 0.785. The van der Waals surface area contributed by atoms with Gasteiger partial charge >= 0.3 is 0 Å². The number of nitrogens with zero attached hydrogens (tertiary/aromatic N) is 1. The number of aromatic hydroxyl groups is 1. The monoisotopic (exact) mass is 257 g/mol. The molecule has 6 heteroatoms. The fourth-order valence-corrected chi connectivity index (χ4v) is 1.25. The van der Waals surface area contributed by atoms with E-state index < -0.39 is 12.1 Å². The van der Waals surface area contributed by atoms with E-state index in [2.05, 4.69) is 20.9 Å². The molecule has 0 saturated carbocycles. The van der Waals surface area contributed by atoms with Crippen LogP contribution in [0.15, 0.2) is 10.5 Å². The van der Waals surface area contributed by atoms with Crippen LogP contribution in [0.1, 0.15) is 12.1 Å². The normalized spacial score (nSPS) is 10.8. The van der Waals surface area contributed by atoms with Gasteiger partial charge in [-0.25, -0.2) is 13.8 Å². The Balaban J connectivity index is 3.23. The van der Waals surface area contributed by atoms with Crippen LogP contribution in [0.2, 0.25) is 5.15 Å². The van der Waals surface area contributed by atoms with Gasteiger partial charge in [0.2, 0.25) is 0 Å². The van der Waals surface area contributed by atoms with E-state index in [4.69, 9.17) is 16.7 Å². The van der Waals surface area contributed by atoms with Crippen LogP contribution >= 0.6 is 27.5 Å². The largest absolute Gasteiger partial charge is 0.505 e. The lowest BCUT2D eigenvalue weighted by atomic mass is 10.3. The van der Waals surface area contributed by atoms with E-state index in [1.807, 2.05) is 0 Å². The Labute approximate surface area is 80.3 Å². The molecule has 66 valence electrons. The van der Waals surface area contributed by atoms with Gasteiger partial charge in [0.1, 0.15) is 5.69 Å². The Morgan fingerprint density at radius 2 is 2.17 bits per heavy atom. The maximum absolute atomic E-state index is 12.1. The van der Waals surface area contributed by atoms with Crippen molar-refractivity contribution in [3.05, 3.63) is 21.4 Å². The lowest BCUT2D eigenvalue weighted by Gasteiger charge is -2.03. The Morgan fingerprint density at radius 1 is 1.58 bits per heavy atom. The highest BCUT2D eigenvalue weighted by molar-refractivity contribution is 9.10. The summed E-state index contributed by atoms with van der Waals surface area (Å²) in [6.07, 6.45) is -2.71. The summed E-state index contributed by atoms with van der Waals surface area (Å²) in [4.78, 5) is 3.29. The van der Waals surface area contributed by atoms with Crippen molar-refractivity contribution in [1.82, 2.24) is 4.98 Å². The van der Waals surface area contributed by atoms with E-state index in [0.717, 1.165) is 6.07 Å². The van der Waals surface area contributed by atoms with Crippen molar-refractivity contribution in [3.8, 4) is 5.75 Å². The molecular weight excluding hydrogens is 255 g/mol. The lowest BCUT2D eigenvalue weighted by Crippen LogP contribution is -1.92. The molecule has 0 aliphatic heterocycles. The molecule has 1 heterocycles. The third kappa shape index (κ3) is 1.84. The molecule has 0 radical (unpaired) electrons. The van der Waals surface area contributed by atoms with Crippen LogP contribution in [-0.4, -0.2) is 10.1 Å². The van der Waals surface area contributed by atoms with Crippen molar-refractivity contribution < 1.29 is 13.9 Å². The average molecular weight is 258 g/mol. The first-order valence-corrected chi connectivity index (χ1v) is 4.02. The van der Waals surface area contributed by atoms with Gasteiger partial charge in [-0.3, -0.25) is 0 Å². The lowest BCUT2D eigenvalue weighted by molar-refractivity contribution is 0.145. The summed E-state index contributed by atoms with van der Waals surface area (Å²) in [7, 11) is 0. The second-order valence-electron chi connectivity index (χ2n) is 1.97. The summed E-state index contributed by atoms with van der Waals surface area (Å²) < 4.78 is 24.3. The van der Waals surface area contributed by atoms with Crippen LogP contribution in [-0.2, 0) is 0 Å². The minimum absolute atomic E-state index is 0.0411. The van der Waals surface area contributed by atoms with E-state index in [9.17, 15) is 8.78 Å². The molecule has 2 nitrogen and oxygen atoms in total. The fraction of sp³-hybridized carbons (Fsp3) is 0.167. The summed E-state index contributed by atoms with van der Waals surface area (Å²) in [5.41, 5.74) is -0.474. The molecule has 0 fully saturated rings. The zero-order valence-electron chi connectivity index (χ0n) is 5.56. The minimum Gasteiger partial charge on any atom is -0.505 e. The van der Waals surface area contributed by atoms with Crippen molar-refractivity contribution in [2.45, 2.75) is 6.43 Å². The highest BCUT2D eigenvalue weighted by Gasteiger charge is 2.16. The van der Waals surface area contributed by atoms with Crippen molar-refractivity contribution >= 4 is 27.5 Å². The van der Waals surface area contributed by atoms with Gasteiger partial charge in [-0.05, 0) is 22.0 Å². The molecule has 0 aliphatic rings. The second kappa shape index (κ2) is 3.53. The summed E-state index contributed by atoms with van der Waals surface area (Å²) in [6.45, 7) is 0. The van der Waals surface area contributed by atoms with Gasteiger partial charge in [0.25, 0.3) is 6.43 Å². The first-order valence-electron chi connectivity index (χ1n) is 2.85. The molecule has 0 aromatic carbocycles. The number of pyridine rings is 1. The highest BCUT2D eigenvalue weighted by atomic mass is 79.9. The summed E-state index contributed by atoms with van der Waals surface area (Å²) in [5, 5.41) is 8.61. The Hall–Kier alpha value is -0.420. The Morgan fingerprint density at radius 3 is 2.67 bits per heavy atom. The molecule has 0 saturated heterocycles. The zero-order chi connectivity index (χ0) is 9.30. The molecule has 0 amide bonds. The first kappa shape index (κ1) is 9.67. The number of rotatable bonds is 1. The zero-order valence-corrected chi connectivity index (χ0v) is 7.90. The van der Waals surface area contributed by atoms with Crippen LogP contribution in [0.3, 0.4) is 0 Å². The van der Waals surface area contributed by atoms with Gasteiger partial charge in [-0.2, -0.15) is 0 Å². The summed E-state index contributed by atoms with van der Waals surface area (Å²) in [6, 6.07) is 1.08. The molecule has 0 spiro atoms. The standard InChI is InChI=1S/C6H3BrClF2NO/c7-2-1-3(12)5(8)11-4(2)6(9)10/h1,6,12H. The predicted octanol–water partition coefficient (Wildman–Crippen LogP) is 3.14. The molecule has 1 N–H and O–H groups in total. The third-order valence-electron chi connectivity index (χ3n) is 1.14. The van der Waals surface area contributed by atoms with E-state index in [1.54, 1.807) is 0 Å².